The van der Waals surface area contributed by atoms with E-state index in [1.807, 2.05) is 12.3 Å². The molecule has 0 aliphatic heterocycles. The van der Waals surface area contributed by atoms with Gasteiger partial charge >= 0.3 is 0 Å². The summed E-state index contributed by atoms with van der Waals surface area (Å²) in [5.74, 6) is 0. The zero-order chi connectivity index (χ0) is 14.4. The van der Waals surface area contributed by atoms with Crippen LogP contribution in [0.4, 0.5) is 5.69 Å². The number of thioether (sulfide) groups is 1. The Morgan fingerprint density at radius 3 is 2.25 bits per heavy atom. The molecule has 0 saturated heterocycles. The van der Waals surface area contributed by atoms with Gasteiger partial charge < -0.3 is 5.32 Å². The Morgan fingerprint density at radius 1 is 1.00 bits per heavy atom. The topological polar surface area (TPSA) is 24.4 Å². The van der Waals surface area contributed by atoms with Crippen LogP contribution in [-0.2, 0) is 6.54 Å². The highest BCUT2D eigenvalue weighted by molar-refractivity contribution is 8.13. The molecular weight excluding hydrogens is 264 g/mol. The van der Waals surface area contributed by atoms with Crippen molar-refractivity contribution in [3.63, 3.8) is 0 Å². The molecule has 20 heavy (non-hydrogen) atoms. The van der Waals surface area contributed by atoms with Crippen LogP contribution >= 0.6 is 11.8 Å². The van der Waals surface area contributed by atoms with E-state index in [0.29, 0.717) is 0 Å². The summed E-state index contributed by atoms with van der Waals surface area (Å²) in [6.07, 6.45) is 2.05. The lowest BCUT2D eigenvalue weighted by molar-refractivity contribution is 0.927. The van der Waals surface area contributed by atoms with Crippen molar-refractivity contribution in [2.24, 2.45) is 4.99 Å². The number of para-hydroxylation sites is 1. The minimum absolute atomic E-state index is 0.797. The highest BCUT2D eigenvalue weighted by Gasteiger charge is 2.03. The summed E-state index contributed by atoms with van der Waals surface area (Å²) in [6.45, 7) is 4.99. The molecule has 104 valence electrons. The summed E-state index contributed by atoms with van der Waals surface area (Å²) in [6, 6.07) is 16.6. The van der Waals surface area contributed by atoms with Gasteiger partial charge in [-0.2, -0.15) is 0 Å². The molecule has 0 heterocycles. The SMILES string of the molecule is CS/C(=N\c1c(C)cccc1C)NCc1ccccc1. The maximum atomic E-state index is 4.76. The highest BCUT2D eigenvalue weighted by Crippen LogP contribution is 2.24. The molecule has 0 bridgehead atoms. The normalized spacial score (nSPS) is 11.4. The molecule has 0 aromatic heterocycles. The van der Waals surface area contributed by atoms with Crippen molar-refractivity contribution in [3.8, 4) is 0 Å². The van der Waals surface area contributed by atoms with Crippen LogP contribution in [0.25, 0.3) is 0 Å². The Balaban J connectivity index is 2.14. The van der Waals surface area contributed by atoms with E-state index in [0.717, 1.165) is 17.4 Å². The maximum Gasteiger partial charge on any atom is 0.161 e. The largest absolute Gasteiger partial charge is 0.361 e. The van der Waals surface area contributed by atoms with Gasteiger partial charge in [0.2, 0.25) is 0 Å². The Labute approximate surface area is 125 Å². The van der Waals surface area contributed by atoms with E-state index >= 15 is 0 Å². The van der Waals surface area contributed by atoms with E-state index in [-0.39, 0.29) is 0 Å². The van der Waals surface area contributed by atoms with Crippen molar-refractivity contribution in [1.82, 2.24) is 5.32 Å². The Kier molecular flexibility index (Phi) is 5.24. The second-order valence-electron chi connectivity index (χ2n) is 4.70. The number of hydrogen-bond donors (Lipinski definition) is 1. The Hall–Kier alpha value is -1.74. The van der Waals surface area contributed by atoms with Gasteiger partial charge in [-0.05, 0) is 36.8 Å². The van der Waals surface area contributed by atoms with Crippen LogP contribution in [0, 0.1) is 13.8 Å². The number of aliphatic imine (C=N–C) groups is 1. The average Bonchev–Trinajstić information content (AvgIpc) is 2.47. The Morgan fingerprint density at radius 2 is 1.65 bits per heavy atom. The molecule has 3 heteroatoms. The van der Waals surface area contributed by atoms with Crippen molar-refractivity contribution in [2.45, 2.75) is 20.4 Å². The van der Waals surface area contributed by atoms with Crippen LogP contribution in [0.2, 0.25) is 0 Å². The third-order valence-corrected chi connectivity index (χ3v) is 3.76. The van der Waals surface area contributed by atoms with Crippen LogP contribution < -0.4 is 5.32 Å². The zero-order valence-corrected chi connectivity index (χ0v) is 13.0. The van der Waals surface area contributed by atoms with Gasteiger partial charge in [-0.1, -0.05) is 60.3 Å². The average molecular weight is 284 g/mol. The fraction of sp³-hybridized carbons (Fsp3) is 0.235. The second kappa shape index (κ2) is 7.15. The molecule has 0 saturated carbocycles. The Bertz CT molecular complexity index is 571. The molecule has 2 rings (SSSR count). The van der Waals surface area contributed by atoms with Crippen molar-refractivity contribution >= 4 is 22.6 Å². The highest BCUT2D eigenvalue weighted by atomic mass is 32.2. The number of aryl methyl sites for hydroxylation is 2. The van der Waals surface area contributed by atoms with Gasteiger partial charge in [0.25, 0.3) is 0 Å². The molecular formula is C17H20N2S. The smallest absolute Gasteiger partial charge is 0.161 e. The van der Waals surface area contributed by atoms with Crippen LogP contribution in [0.1, 0.15) is 16.7 Å². The summed E-state index contributed by atoms with van der Waals surface area (Å²) in [7, 11) is 0. The number of hydrogen-bond acceptors (Lipinski definition) is 2. The van der Waals surface area contributed by atoms with E-state index in [1.165, 1.54) is 16.7 Å². The number of benzene rings is 2. The van der Waals surface area contributed by atoms with Gasteiger partial charge in [-0.25, -0.2) is 4.99 Å². The molecule has 0 aliphatic carbocycles. The van der Waals surface area contributed by atoms with Crippen LogP contribution in [0.5, 0.6) is 0 Å². The first-order valence-corrected chi connectivity index (χ1v) is 7.90. The second-order valence-corrected chi connectivity index (χ2v) is 5.50. The first-order chi connectivity index (χ1) is 9.70. The van der Waals surface area contributed by atoms with E-state index in [2.05, 4.69) is 61.6 Å². The van der Waals surface area contributed by atoms with E-state index in [4.69, 9.17) is 4.99 Å². The van der Waals surface area contributed by atoms with Crippen molar-refractivity contribution < 1.29 is 0 Å². The zero-order valence-electron chi connectivity index (χ0n) is 12.2. The molecule has 2 aromatic carbocycles. The minimum atomic E-state index is 0.797. The van der Waals surface area contributed by atoms with Crippen LogP contribution in [-0.4, -0.2) is 11.4 Å². The molecule has 2 nitrogen and oxygen atoms in total. The van der Waals surface area contributed by atoms with Gasteiger partial charge in [-0.15, -0.1) is 0 Å². The lowest BCUT2D eigenvalue weighted by atomic mass is 10.1. The lowest BCUT2D eigenvalue weighted by Crippen LogP contribution is -2.19. The molecule has 0 radical (unpaired) electrons. The van der Waals surface area contributed by atoms with Crippen molar-refractivity contribution in [2.75, 3.05) is 6.26 Å². The number of rotatable bonds is 3. The predicted octanol–water partition coefficient (Wildman–Crippen LogP) is 4.44. The quantitative estimate of drug-likeness (QED) is 0.665. The molecule has 0 amide bonds. The standard InChI is InChI=1S/C17H20N2S/c1-13-8-7-9-14(2)16(13)19-17(20-3)18-12-15-10-5-4-6-11-15/h4-11H,12H2,1-3H3,(H,18,19). The monoisotopic (exact) mass is 284 g/mol. The first kappa shape index (κ1) is 14.7. The number of nitrogens with zero attached hydrogens (tertiary/aromatic N) is 1. The molecule has 0 atom stereocenters. The fourth-order valence-electron chi connectivity index (χ4n) is 2.01. The lowest BCUT2D eigenvalue weighted by Gasteiger charge is -2.10. The third-order valence-electron chi connectivity index (χ3n) is 3.13. The summed E-state index contributed by atoms with van der Waals surface area (Å²) < 4.78 is 0. The maximum absolute atomic E-state index is 4.76. The van der Waals surface area contributed by atoms with Crippen molar-refractivity contribution in [1.29, 1.82) is 0 Å². The van der Waals surface area contributed by atoms with E-state index < -0.39 is 0 Å². The van der Waals surface area contributed by atoms with E-state index in [1.54, 1.807) is 11.8 Å². The predicted molar refractivity (Wildman–Crippen MR) is 89.8 cm³/mol. The molecule has 2 aromatic rings. The third kappa shape index (κ3) is 3.87. The van der Waals surface area contributed by atoms with Gasteiger partial charge in [0, 0.05) is 6.54 Å². The van der Waals surface area contributed by atoms with Gasteiger partial charge in [0.05, 0.1) is 5.69 Å². The fourth-order valence-corrected chi connectivity index (χ4v) is 2.41. The van der Waals surface area contributed by atoms with Crippen molar-refractivity contribution in [3.05, 3.63) is 65.2 Å². The number of nitrogens with one attached hydrogen (secondary N) is 1. The summed E-state index contributed by atoms with van der Waals surface area (Å²) in [5, 5.41) is 4.35. The molecule has 0 fully saturated rings. The van der Waals surface area contributed by atoms with Crippen LogP contribution in [0.3, 0.4) is 0 Å². The summed E-state index contributed by atoms with van der Waals surface area (Å²) in [4.78, 5) is 4.76. The van der Waals surface area contributed by atoms with Gasteiger partial charge in [0.15, 0.2) is 5.17 Å². The molecule has 0 aliphatic rings. The first-order valence-electron chi connectivity index (χ1n) is 6.67. The molecule has 1 N–H and O–H groups in total. The van der Waals surface area contributed by atoms with Crippen LogP contribution in [0.15, 0.2) is 53.5 Å². The minimum Gasteiger partial charge on any atom is -0.361 e. The summed E-state index contributed by atoms with van der Waals surface area (Å²) >= 11 is 1.64. The molecule has 0 unspecified atom stereocenters. The van der Waals surface area contributed by atoms with Gasteiger partial charge in [-0.3, -0.25) is 0 Å². The van der Waals surface area contributed by atoms with E-state index in [9.17, 15) is 0 Å². The van der Waals surface area contributed by atoms with Gasteiger partial charge in [0.1, 0.15) is 0 Å². The summed E-state index contributed by atoms with van der Waals surface area (Å²) in [5.41, 5.74) is 4.74. The molecule has 0 spiro atoms. The number of amidine groups is 1.